The Balaban J connectivity index is 1.81. The van der Waals surface area contributed by atoms with Gasteiger partial charge in [-0.15, -0.1) is 0 Å². The van der Waals surface area contributed by atoms with Crippen molar-refractivity contribution in [1.82, 2.24) is 4.98 Å². The maximum absolute atomic E-state index is 9.40. The molecule has 0 amide bonds. The predicted molar refractivity (Wildman–Crippen MR) is 73.1 cm³/mol. The number of rotatable bonds is 3. The quantitative estimate of drug-likeness (QED) is 0.881. The molecule has 0 aromatic carbocycles. The van der Waals surface area contributed by atoms with Gasteiger partial charge in [-0.05, 0) is 37.8 Å². The first-order valence-corrected chi connectivity index (χ1v) is 6.98. The van der Waals surface area contributed by atoms with Gasteiger partial charge in [0, 0.05) is 19.6 Å². The maximum Gasteiger partial charge on any atom is 0.131 e. The van der Waals surface area contributed by atoms with Crippen LogP contribution < -0.4 is 9.80 Å². The van der Waals surface area contributed by atoms with Gasteiger partial charge in [0.2, 0.25) is 0 Å². The number of hydrogen-bond donors (Lipinski definition) is 1. The zero-order chi connectivity index (χ0) is 12.4. The van der Waals surface area contributed by atoms with E-state index in [1.54, 1.807) is 0 Å². The van der Waals surface area contributed by atoms with Crippen LogP contribution in [0.4, 0.5) is 11.6 Å². The Kier molecular flexibility index (Phi) is 3.37. The third-order valence-corrected chi connectivity index (χ3v) is 4.03. The van der Waals surface area contributed by atoms with Crippen LogP contribution in [0.2, 0.25) is 0 Å². The Morgan fingerprint density at radius 1 is 1.11 bits per heavy atom. The molecule has 1 aromatic heterocycles. The lowest BCUT2D eigenvalue weighted by Crippen LogP contribution is -2.33. The van der Waals surface area contributed by atoms with Crippen molar-refractivity contribution in [3.05, 3.63) is 18.2 Å². The SMILES string of the molecule is OC[C@@H]1CCCN1c1cccc(N2CCCC2)n1. The van der Waals surface area contributed by atoms with Crippen LogP contribution in [-0.4, -0.2) is 42.4 Å². The second-order valence-corrected chi connectivity index (χ2v) is 5.22. The van der Waals surface area contributed by atoms with Gasteiger partial charge < -0.3 is 14.9 Å². The molecule has 3 rings (SSSR count). The largest absolute Gasteiger partial charge is 0.394 e. The molecule has 2 fully saturated rings. The van der Waals surface area contributed by atoms with Crippen molar-refractivity contribution < 1.29 is 5.11 Å². The lowest BCUT2D eigenvalue weighted by molar-refractivity contribution is 0.266. The Morgan fingerprint density at radius 2 is 1.89 bits per heavy atom. The standard InChI is InChI=1S/C14H21N3O/c18-11-12-5-4-10-17(12)14-7-3-6-13(15-14)16-8-1-2-9-16/h3,6-7,12,18H,1-2,4-5,8-11H2/t12-/m0/s1. The first kappa shape index (κ1) is 11.8. The van der Waals surface area contributed by atoms with E-state index in [0.29, 0.717) is 0 Å². The molecule has 1 aromatic rings. The molecule has 98 valence electrons. The zero-order valence-corrected chi connectivity index (χ0v) is 10.8. The first-order chi connectivity index (χ1) is 8.88. The number of hydrogen-bond acceptors (Lipinski definition) is 4. The molecule has 0 spiro atoms. The number of aliphatic hydroxyl groups is 1. The molecule has 4 heteroatoms. The van der Waals surface area contributed by atoms with E-state index in [0.717, 1.165) is 44.1 Å². The van der Waals surface area contributed by atoms with Gasteiger partial charge in [-0.2, -0.15) is 0 Å². The van der Waals surface area contributed by atoms with E-state index >= 15 is 0 Å². The van der Waals surface area contributed by atoms with Gasteiger partial charge >= 0.3 is 0 Å². The normalized spacial score (nSPS) is 23.9. The molecule has 2 aliphatic rings. The molecule has 2 aliphatic heterocycles. The van der Waals surface area contributed by atoms with Crippen LogP contribution in [0.25, 0.3) is 0 Å². The summed E-state index contributed by atoms with van der Waals surface area (Å²) in [5.74, 6) is 2.12. The third-order valence-electron chi connectivity index (χ3n) is 4.03. The summed E-state index contributed by atoms with van der Waals surface area (Å²) in [7, 11) is 0. The molecule has 0 bridgehead atoms. The van der Waals surface area contributed by atoms with E-state index in [-0.39, 0.29) is 12.6 Å². The second-order valence-electron chi connectivity index (χ2n) is 5.22. The van der Waals surface area contributed by atoms with Crippen LogP contribution in [0.15, 0.2) is 18.2 Å². The van der Waals surface area contributed by atoms with Crippen molar-refractivity contribution in [1.29, 1.82) is 0 Å². The molecular formula is C14H21N3O. The van der Waals surface area contributed by atoms with Gasteiger partial charge in [0.15, 0.2) is 0 Å². The van der Waals surface area contributed by atoms with Crippen molar-refractivity contribution in [2.75, 3.05) is 36.0 Å². The minimum Gasteiger partial charge on any atom is -0.394 e. The summed E-state index contributed by atoms with van der Waals surface area (Å²) in [5, 5.41) is 9.40. The molecule has 0 unspecified atom stereocenters. The maximum atomic E-state index is 9.40. The zero-order valence-electron chi connectivity index (χ0n) is 10.8. The highest BCUT2D eigenvalue weighted by Gasteiger charge is 2.25. The molecule has 2 saturated heterocycles. The van der Waals surface area contributed by atoms with Crippen LogP contribution in [0.3, 0.4) is 0 Å². The van der Waals surface area contributed by atoms with Gasteiger partial charge in [-0.25, -0.2) is 4.98 Å². The Hall–Kier alpha value is -1.29. The second kappa shape index (κ2) is 5.14. The molecule has 18 heavy (non-hydrogen) atoms. The van der Waals surface area contributed by atoms with E-state index in [1.165, 1.54) is 12.8 Å². The first-order valence-electron chi connectivity index (χ1n) is 6.98. The molecule has 3 heterocycles. The Bertz CT molecular complexity index is 404. The van der Waals surface area contributed by atoms with Crippen molar-refractivity contribution >= 4 is 11.6 Å². The summed E-state index contributed by atoms with van der Waals surface area (Å²) in [6, 6.07) is 6.50. The summed E-state index contributed by atoms with van der Waals surface area (Å²) in [4.78, 5) is 9.38. The van der Waals surface area contributed by atoms with E-state index in [4.69, 9.17) is 4.98 Å². The lowest BCUT2D eigenvalue weighted by Gasteiger charge is -2.25. The number of aromatic nitrogens is 1. The number of anilines is 2. The van der Waals surface area contributed by atoms with E-state index in [1.807, 2.05) is 0 Å². The van der Waals surface area contributed by atoms with Crippen molar-refractivity contribution in [2.45, 2.75) is 31.7 Å². The highest BCUT2D eigenvalue weighted by Crippen LogP contribution is 2.26. The molecule has 1 atom stereocenters. The van der Waals surface area contributed by atoms with Gasteiger partial charge in [0.05, 0.1) is 12.6 Å². The van der Waals surface area contributed by atoms with Crippen molar-refractivity contribution in [3.63, 3.8) is 0 Å². The van der Waals surface area contributed by atoms with Gasteiger partial charge in [0.25, 0.3) is 0 Å². The van der Waals surface area contributed by atoms with E-state index in [9.17, 15) is 5.11 Å². The van der Waals surface area contributed by atoms with Crippen LogP contribution in [0.1, 0.15) is 25.7 Å². The summed E-state index contributed by atoms with van der Waals surface area (Å²) >= 11 is 0. The molecule has 1 N–H and O–H groups in total. The van der Waals surface area contributed by atoms with Gasteiger partial charge in [-0.1, -0.05) is 6.07 Å². The average Bonchev–Trinajstić information content (AvgIpc) is 3.10. The van der Waals surface area contributed by atoms with Crippen LogP contribution in [0, 0.1) is 0 Å². The van der Waals surface area contributed by atoms with E-state index < -0.39 is 0 Å². The fourth-order valence-corrected chi connectivity index (χ4v) is 3.02. The van der Waals surface area contributed by atoms with E-state index in [2.05, 4.69) is 28.0 Å². The minimum absolute atomic E-state index is 0.232. The van der Waals surface area contributed by atoms with Gasteiger partial charge in [0.1, 0.15) is 11.6 Å². The molecule has 0 radical (unpaired) electrons. The average molecular weight is 247 g/mol. The minimum atomic E-state index is 0.232. The molecule has 4 nitrogen and oxygen atoms in total. The van der Waals surface area contributed by atoms with Crippen molar-refractivity contribution in [3.8, 4) is 0 Å². The van der Waals surface area contributed by atoms with Gasteiger partial charge in [-0.3, -0.25) is 0 Å². The highest BCUT2D eigenvalue weighted by molar-refractivity contribution is 5.50. The monoisotopic (exact) mass is 247 g/mol. The summed E-state index contributed by atoms with van der Waals surface area (Å²) in [6.45, 7) is 3.50. The summed E-state index contributed by atoms with van der Waals surface area (Å²) < 4.78 is 0. The predicted octanol–water partition coefficient (Wildman–Crippen LogP) is 1.64. The fraction of sp³-hybridized carbons (Fsp3) is 0.643. The topological polar surface area (TPSA) is 39.6 Å². The number of nitrogens with zero attached hydrogens (tertiary/aromatic N) is 3. The smallest absolute Gasteiger partial charge is 0.131 e. The Labute approximate surface area is 108 Å². The molecule has 0 saturated carbocycles. The summed E-state index contributed by atoms with van der Waals surface area (Å²) in [6.07, 6.45) is 4.77. The van der Waals surface area contributed by atoms with Crippen LogP contribution in [-0.2, 0) is 0 Å². The van der Waals surface area contributed by atoms with Crippen LogP contribution in [0.5, 0.6) is 0 Å². The van der Waals surface area contributed by atoms with Crippen LogP contribution >= 0.6 is 0 Å². The Morgan fingerprint density at radius 3 is 2.67 bits per heavy atom. The molecule has 0 aliphatic carbocycles. The lowest BCUT2D eigenvalue weighted by atomic mass is 10.2. The number of aliphatic hydroxyl groups excluding tert-OH is 1. The molecular weight excluding hydrogens is 226 g/mol. The number of pyridine rings is 1. The van der Waals surface area contributed by atoms with Crippen molar-refractivity contribution in [2.24, 2.45) is 0 Å². The third kappa shape index (κ3) is 2.17. The highest BCUT2D eigenvalue weighted by atomic mass is 16.3. The summed E-state index contributed by atoms with van der Waals surface area (Å²) in [5.41, 5.74) is 0. The fourth-order valence-electron chi connectivity index (χ4n) is 3.02.